The molecule has 0 aliphatic carbocycles. The Balaban J connectivity index is 1.87. The van der Waals surface area contributed by atoms with Crippen LogP contribution >= 0.6 is 0 Å². The van der Waals surface area contributed by atoms with Crippen LogP contribution in [0.1, 0.15) is 49.0 Å². The van der Waals surface area contributed by atoms with E-state index in [1.165, 1.54) is 32.9 Å². The smallest absolute Gasteiger partial charge is 0.255 e. The third-order valence-corrected chi connectivity index (χ3v) is 9.78. The van der Waals surface area contributed by atoms with Gasteiger partial charge in [0.1, 0.15) is 0 Å². The van der Waals surface area contributed by atoms with Gasteiger partial charge in [-0.3, -0.25) is 4.79 Å². The predicted octanol–water partition coefficient (Wildman–Crippen LogP) is 3.45. The molecule has 0 spiro atoms. The molecule has 2 aromatic carbocycles. The molecule has 0 radical (unpaired) electrons. The van der Waals surface area contributed by atoms with Gasteiger partial charge in [-0.2, -0.15) is 8.61 Å². The highest BCUT2D eigenvalue weighted by molar-refractivity contribution is 7.89. The molecule has 0 atom stereocenters. The number of rotatable bonds is 8. The maximum atomic E-state index is 13.0. The van der Waals surface area contributed by atoms with Gasteiger partial charge in [-0.1, -0.05) is 32.4 Å². The lowest BCUT2D eigenvalue weighted by atomic mass is 10.1. The van der Waals surface area contributed by atoms with Crippen LogP contribution in [-0.4, -0.2) is 57.5 Å². The molecular weight excluding hydrogens is 462 g/mol. The van der Waals surface area contributed by atoms with Crippen LogP contribution < -0.4 is 5.32 Å². The first-order valence-corrected chi connectivity index (χ1v) is 14.0. The Hall–Kier alpha value is -2.27. The van der Waals surface area contributed by atoms with Gasteiger partial charge in [0.15, 0.2) is 0 Å². The van der Waals surface area contributed by atoms with E-state index in [4.69, 9.17) is 0 Å². The summed E-state index contributed by atoms with van der Waals surface area (Å²) in [5.74, 6) is -0.499. The van der Waals surface area contributed by atoms with E-state index in [0.717, 1.165) is 19.3 Å². The van der Waals surface area contributed by atoms with E-state index in [1.54, 1.807) is 39.0 Å². The van der Waals surface area contributed by atoms with E-state index < -0.39 is 26.0 Å². The average Bonchev–Trinajstić information content (AvgIpc) is 2.80. The number of carbonyl (C=O) groups is 1. The van der Waals surface area contributed by atoms with E-state index in [1.807, 2.05) is 0 Å². The van der Waals surface area contributed by atoms with Gasteiger partial charge in [0.25, 0.3) is 5.91 Å². The molecule has 3 rings (SSSR count). The molecule has 1 N–H and O–H groups in total. The average molecular weight is 494 g/mol. The molecule has 8 nitrogen and oxygen atoms in total. The van der Waals surface area contributed by atoms with E-state index in [2.05, 4.69) is 5.32 Å². The third-order valence-electron chi connectivity index (χ3n) is 5.84. The van der Waals surface area contributed by atoms with Crippen LogP contribution in [0.25, 0.3) is 0 Å². The Morgan fingerprint density at radius 2 is 1.61 bits per heavy atom. The molecule has 0 unspecified atom stereocenters. The largest absolute Gasteiger partial charge is 0.322 e. The van der Waals surface area contributed by atoms with Crippen molar-refractivity contribution in [3.8, 4) is 0 Å². The first kappa shape index (κ1) is 25.4. The topological polar surface area (TPSA) is 104 Å². The van der Waals surface area contributed by atoms with E-state index in [9.17, 15) is 21.6 Å². The number of amides is 1. The molecule has 1 saturated heterocycles. The molecule has 1 aliphatic heterocycles. The normalized spacial score (nSPS) is 15.5. The fourth-order valence-corrected chi connectivity index (χ4v) is 6.95. The van der Waals surface area contributed by atoms with Gasteiger partial charge in [-0.15, -0.1) is 0 Å². The van der Waals surface area contributed by atoms with Crippen molar-refractivity contribution in [1.29, 1.82) is 0 Å². The number of aryl methyl sites for hydroxylation is 1. The number of anilines is 1. The van der Waals surface area contributed by atoms with Gasteiger partial charge in [-0.25, -0.2) is 16.8 Å². The minimum atomic E-state index is -3.68. The first-order chi connectivity index (χ1) is 15.6. The zero-order chi connectivity index (χ0) is 24.2. The van der Waals surface area contributed by atoms with Crippen molar-refractivity contribution in [2.75, 3.05) is 31.5 Å². The van der Waals surface area contributed by atoms with Crippen LogP contribution in [0, 0.1) is 6.92 Å². The summed E-state index contributed by atoms with van der Waals surface area (Å²) >= 11 is 0. The molecule has 1 fully saturated rings. The molecule has 1 heterocycles. The third kappa shape index (κ3) is 5.46. The summed E-state index contributed by atoms with van der Waals surface area (Å²) in [5.41, 5.74) is 1.17. The quantitative estimate of drug-likeness (QED) is 0.607. The van der Waals surface area contributed by atoms with Crippen LogP contribution in [0.5, 0.6) is 0 Å². The summed E-state index contributed by atoms with van der Waals surface area (Å²) in [6.07, 6.45) is 2.66. The van der Waals surface area contributed by atoms with Crippen LogP contribution in [0.2, 0.25) is 0 Å². The van der Waals surface area contributed by atoms with Crippen molar-refractivity contribution in [1.82, 2.24) is 8.61 Å². The Morgan fingerprint density at radius 1 is 0.939 bits per heavy atom. The van der Waals surface area contributed by atoms with Gasteiger partial charge < -0.3 is 5.32 Å². The lowest BCUT2D eigenvalue weighted by molar-refractivity contribution is 0.102. The predicted molar refractivity (Wildman–Crippen MR) is 128 cm³/mol. The molecule has 2 aromatic rings. The molecule has 0 bridgehead atoms. The van der Waals surface area contributed by atoms with Gasteiger partial charge >= 0.3 is 0 Å². The van der Waals surface area contributed by atoms with Crippen LogP contribution in [0.15, 0.2) is 52.3 Å². The number of piperidine rings is 1. The highest BCUT2D eigenvalue weighted by Crippen LogP contribution is 2.24. The van der Waals surface area contributed by atoms with Crippen molar-refractivity contribution in [2.24, 2.45) is 0 Å². The van der Waals surface area contributed by atoms with Crippen molar-refractivity contribution in [2.45, 2.75) is 49.8 Å². The molecule has 0 saturated carbocycles. The Kier molecular flexibility index (Phi) is 7.94. The number of sulfonamides is 2. The SMILES string of the molecule is CCN(CC)S(=O)(=O)c1cccc(NC(=O)c2cc(S(=O)(=O)N3CCCCC3)ccc2C)c1. The summed E-state index contributed by atoms with van der Waals surface area (Å²) in [6, 6.07) is 10.6. The lowest BCUT2D eigenvalue weighted by Crippen LogP contribution is -2.35. The molecular formula is C23H31N3O5S2. The number of benzene rings is 2. The fraction of sp³-hybridized carbons (Fsp3) is 0.435. The Bertz CT molecular complexity index is 1220. The first-order valence-electron chi connectivity index (χ1n) is 11.1. The standard InChI is InChI=1S/C23H31N3O5S2/c1-4-25(5-2)32(28,29)20-11-9-10-19(16-20)24-23(27)22-17-21(13-12-18(22)3)33(30,31)26-14-7-6-8-15-26/h9-13,16-17H,4-8,14-15H2,1-3H3,(H,24,27). The van der Waals surface area contributed by atoms with E-state index in [-0.39, 0.29) is 15.4 Å². The summed E-state index contributed by atoms with van der Waals surface area (Å²) in [6.45, 7) is 6.89. The van der Waals surface area contributed by atoms with Crippen molar-refractivity contribution in [3.05, 3.63) is 53.6 Å². The molecule has 180 valence electrons. The maximum absolute atomic E-state index is 13.0. The number of hydrogen-bond acceptors (Lipinski definition) is 5. The Morgan fingerprint density at radius 3 is 2.24 bits per heavy atom. The van der Waals surface area contributed by atoms with E-state index in [0.29, 0.717) is 37.4 Å². The van der Waals surface area contributed by atoms with Gasteiger partial charge in [0.2, 0.25) is 20.0 Å². The Labute approximate surface area is 196 Å². The zero-order valence-corrected chi connectivity index (χ0v) is 20.9. The fourth-order valence-electron chi connectivity index (χ4n) is 3.91. The zero-order valence-electron chi connectivity index (χ0n) is 19.2. The number of nitrogens with one attached hydrogen (secondary N) is 1. The molecule has 1 aliphatic rings. The van der Waals surface area contributed by atoms with Gasteiger partial charge in [0.05, 0.1) is 9.79 Å². The van der Waals surface area contributed by atoms with Gasteiger partial charge in [0, 0.05) is 37.4 Å². The maximum Gasteiger partial charge on any atom is 0.255 e. The molecule has 0 aromatic heterocycles. The summed E-state index contributed by atoms with van der Waals surface area (Å²) in [7, 11) is -7.35. The monoisotopic (exact) mass is 493 g/mol. The van der Waals surface area contributed by atoms with Gasteiger partial charge in [-0.05, 0) is 55.7 Å². The van der Waals surface area contributed by atoms with Crippen LogP contribution in [0.4, 0.5) is 5.69 Å². The minimum absolute atomic E-state index is 0.0815. The van der Waals surface area contributed by atoms with Crippen LogP contribution in [-0.2, 0) is 20.0 Å². The summed E-state index contributed by atoms with van der Waals surface area (Å²) in [5, 5.41) is 2.71. The second-order valence-corrected chi connectivity index (χ2v) is 11.9. The highest BCUT2D eigenvalue weighted by atomic mass is 32.2. The minimum Gasteiger partial charge on any atom is -0.322 e. The second-order valence-electron chi connectivity index (χ2n) is 8.01. The van der Waals surface area contributed by atoms with Crippen molar-refractivity contribution in [3.63, 3.8) is 0 Å². The second kappa shape index (κ2) is 10.3. The van der Waals surface area contributed by atoms with Crippen LogP contribution in [0.3, 0.4) is 0 Å². The number of hydrogen-bond donors (Lipinski definition) is 1. The molecule has 1 amide bonds. The van der Waals surface area contributed by atoms with Crippen molar-refractivity contribution < 1.29 is 21.6 Å². The van der Waals surface area contributed by atoms with Crippen molar-refractivity contribution >= 4 is 31.6 Å². The highest BCUT2D eigenvalue weighted by Gasteiger charge is 2.27. The van der Waals surface area contributed by atoms with E-state index >= 15 is 0 Å². The molecule has 10 heteroatoms. The summed E-state index contributed by atoms with van der Waals surface area (Å²) in [4.78, 5) is 13.2. The number of nitrogens with zero attached hydrogens (tertiary/aromatic N) is 2. The number of carbonyl (C=O) groups excluding carboxylic acids is 1. The lowest BCUT2D eigenvalue weighted by Gasteiger charge is -2.26. The molecule has 33 heavy (non-hydrogen) atoms. The summed E-state index contributed by atoms with van der Waals surface area (Å²) < 4.78 is 54.5.